The summed E-state index contributed by atoms with van der Waals surface area (Å²) in [6.07, 6.45) is -0.0407. The third-order valence-electron chi connectivity index (χ3n) is 3.20. The summed E-state index contributed by atoms with van der Waals surface area (Å²) < 4.78 is 5.80. The Labute approximate surface area is 155 Å². The van der Waals surface area contributed by atoms with Gasteiger partial charge < -0.3 is 15.8 Å². The predicted molar refractivity (Wildman–Crippen MR) is 108 cm³/mol. The number of guanidine groups is 1. The number of nitrogens with one attached hydrogen (secondary N) is 1. The van der Waals surface area contributed by atoms with Crippen molar-refractivity contribution < 1.29 is 4.74 Å². The van der Waals surface area contributed by atoms with Crippen molar-refractivity contribution in [2.24, 2.45) is 10.7 Å². The molecule has 0 radical (unpaired) electrons. The average molecular weight is 425 g/mol. The lowest BCUT2D eigenvalue weighted by molar-refractivity contribution is 0.230. The van der Waals surface area contributed by atoms with Gasteiger partial charge in [0.2, 0.25) is 0 Å². The lowest BCUT2D eigenvalue weighted by Gasteiger charge is -2.13. The van der Waals surface area contributed by atoms with Crippen LogP contribution in [0.3, 0.4) is 0 Å². The highest BCUT2D eigenvalue weighted by Crippen LogP contribution is 2.13. The first-order valence-electron chi connectivity index (χ1n) is 7.40. The zero-order chi connectivity index (χ0) is 15.9. The number of nitrogens with zero attached hydrogens (tertiary/aromatic N) is 1. The summed E-state index contributed by atoms with van der Waals surface area (Å²) in [7, 11) is 0. The molecule has 1 unspecified atom stereocenters. The quantitative estimate of drug-likeness (QED) is 0.431. The highest BCUT2D eigenvalue weighted by Gasteiger charge is 2.03. The van der Waals surface area contributed by atoms with Crippen molar-refractivity contribution in [2.75, 3.05) is 11.9 Å². The Bertz CT molecular complexity index is 624. The number of ether oxygens (including phenoxy) is 1. The molecule has 0 aromatic heterocycles. The Hall–Kier alpha value is -1.76. The second-order valence-electron chi connectivity index (χ2n) is 5.46. The van der Waals surface area contributed by atoms with E-state index in [9.17, 15) is 0 Å². The van der Waals surface area contributed by atoms with Crippen LogP contribution in [0.15, 0.2) is 53.5 Å². The minimum atomic E-state index is -0.0407. The molecule has 0 heterocycles. The Morgan fingerprint density at radius 1 is 1.04 bits per heavy atom. The molecule has 0 spiro atoms. The van der Waals surface area contributed by atoms with E-state index in [1.54, 1.807) is 0 Å². The Balaban J connectivity index is 0.00000264. The summed E-state index contributed by atoms with van der Waals surface area (Å²) in [6.45, 7) is 6.57. The third-order valence-corrected chi connectivity index (χ3v) is 3.20. The summed E-state index contributed by atoms with van der Waals surface area (Å²) >= 11 is 0. The fourth-order valence-electron chi connectivity index (χ4n) is 1.94. The maximum atomic E-state index is 5.89. The first kappa shape index (κ1) is 19.3. The number of anilines is 1. The standard InChI is InChI=1S/C18H23N3O.HI/c1-13-4-8-16(9-5-13)21-18(19)20-12-15(3)22-17-10-6-14(2)7-11-17;/h4-11,15H,12H2,1-3H3,(H3,19,20,21);1H. The molecule has 2 rings (SSSR count). The predicted octanol–water partition coefficient (Wildman–Crippen LogP) is 4.12. The SMILES string of the molecule is Cc1ccc(NC(N)=NCC(C)Oc2ccc(C)cc2)cc1.I. The van der Waals surface area contributed by atoms with Crippen LogP contribution < -0.4 is 15.8 Å². The Morgan fingerprint density at radius 3 is 2.13 bits per heavy atom. The zero-order valence-electron chi connectivity index (χ0n) is 13.7. The van der Waals surface area contributed by atoms with E-state index in [1.165, 1.54) is 11.1 Å². The molecule has 0 fully saturated rings. The zero-order valence-corrected chi connectivity index (χ0v) is 16.1. The maximum absolute atomic E-state index is 5.89. The summed E-state index contributed by atoms with van der Waals surface area (Å²) in [6, 6.07) is 16.0. The molecule has 2 aromatic rings. The van der Waals surface area contributed by atoms with Crippen LogP contribution in [0.1, 0.15) is 18.1 Å². The summed E-state index contributed by atoms with van der Waals surface area (Å²) in [5.74, 6) is 1.24. The van der Waals surface area contributed by atoms with Gasteiger partial charge in [0.15, 0.2) is 5.96 Å². The summed E-state index contributed by atoms with van der Waals surface area (Å²) in [5.41, 5.74) is 9.24. The van der Waals surface area contributed by atoms with Crippen LogP contribution in [-0.4, -0.2) is 18.6 Å². The van der Waals surface area contributed by atoms with E-state index in [2.05, 4.69) is 17.2 Å². The van der Waals surface area contributed by atoms with Crippen molar-refractivity contribution in [2.45, 2.75) is 26.9 Å². The second kappa shape index (κ2) is 9.39. The van der Waals surface area contributed by atoms with Crippen LogP contribution in [0.2, 0.25) is 0 Å². The number of benzene rings is 2. The van der Waals surface area contributed by atoms with E-state index < -0.39 is 0 Å². The van der Waals surface area contributed by atoms with Crippen molar-refractivity contribution in [3.05, 3.63) is 59.7 Å². The molecule has 5 heteroatoms. The molecule has 0 saturated heterocycles. The van der Waals surface area contributed by atoms with Gasteiger partial charge in [0, 0.05) is 5.69 Å². The molecular weight excluding hydrogens is 401 g/mol. The van der Waals surface area contributed by atoms with E-state index in [1.807, 2.05) is 62.4 Å². The van der Waals surface area contributed by atoms with Gasteiger partial charge in [-0.2, -0.15) is 0 Å². The van der Waals surface area contributed by atoms with Gasteiger partial charge in [-0.05, 0) is 45.0 Å². The van der Waals surface area contributed by atoms with Gasteiger partial charge >= 0.3 is 0 Å². The Kier molecular flexibility index (Phi) is 7.88. The number of halogens is 1. The second-order valence-corrected chi connectivity index (χ2v) is 5.46. The normalized spacial score (nSPS) is 12.2. The highest BCUT2D eigenvalue weighted by molar-refractivity contribution is 14.0. The van der Waals surface area contributed by atoms with Gasteiger partial charge in [-0.3, -0.25) is 0 Å². The van der Waals surface area contributed by atoms with Crippen molar-refractivity contribution >= 4 is 35.6 Å². The molecule has 124 valence electrons. The van der Waals surface area contributed by atoms with Crippen LogP contribution in [0, 0.1) is 13.8 Å². The van der Waals surface area contributed by atoms with Crippen LogP contribution in [0.5, 0.6) is 5.75 Å². The van der Waals surface area contributed by atoms with Crippen LogP contribution in [-0.2, 0) is 0 Å². The van der Waals surface area contributed by atoms with Crippen molar-refractivity contribution in [1.29, 1.82) is 0 Å². The van der Waals surface area contributed by atoms with Gasteiger partial charge in [0.25, 0.3) is 0 Å². The third kappa shape index (κ3) is 6.90. The molecule has 0 aliphatic carbocycles. The van der Waals surface area contributed by atoms with Gasteiger partial charge in [-0.1, -0.05) is 35.4 Å². The first-order valence-corrected chi connectivity index (χ1v) is 7.40. The molecular formula is C18H24IN3O. The molecule has 0 aliphatic rings. The van der Waals surface area contributed by atoms with E-state index in [0.717, 1.165) is 11.4 Å². The molecule has 0 bridgehead atoms. The van der Waals surface area contributed by atoms with Gasteiger partial charge in [-0.25, -0.2) is 4.99 Å². The molecule has 0 saturated carbocycles. The monoisotopic (exact) mass is 425 g/mol. The van der Waals surface area contributed by atoms with Crippen LogP contribution in [0.25, 0.3) is 0 Å². The lowest BCUT2D eigenvalue weighted by Crippen LogP contribution is -2.25. The smallest absolute Gasteiger partial charge is 0.193 e. The van der Waals surface area contributed by atoms with Crippen molar-refractivity contribution in [3.8, 4) is 5.75 Å². The molecule has 0 amide bonds. The van der Waals surface area contributed by atoms with Crippen molar-refractivity contribution in [3.63, 3.8) is 0 Å². The topological polar surface area (TPSA) is 59.6 Å². The molecule has 0 aliphatic heterocycles. The molecule has 3 N–H and O–H groups in total. The number of aryl methyl sites for hydroxylation is 2. The maximum Gasteiger partial charge on any atom is 0.193 e. The molecule has 4 nitrogen and oxygen atoms in total. The Morgan fingerprint density at radius 2 is 1.57 bits per heavy atom. The minimum Gasteiger partial charge on any atom is -0.489 e. The van der Waals surface area contributed by atoms with Crippen LogP contribution >= 0.6 is 24.0 Å². The molecule has 2 aromatic carbocycles. The van der Waals surface area contributed by atoms with E-state index in [0.29, 0.717) is 12.5 Å². The number of aliphatic imine (C=N–C) groups is 1. The van der Waals surface area contributed by atoms with Crippen molar-refractivity contribution in [1.82, 2.24) is 0 Å². The first-order chi connectivity index (χ1) is 10.5. The largest absolute Gasteiger partial charge is 0.489 e. The fourth-order valence-corrected chi connectivity index (χ4v) is 1.94. The van der Waals surface area contributed by atoms with E-state index >= 15 is 0 Å². The van der Waals surface area contributed by atoms with E-state index in [4.69, 9.17) is 10.5 Å². The van der Waals surface area contributed by atoms with Gasteiger partial charge in [0.05, 0.1) is 6.54 Å². The number of rotatable bonds is 5. The number of hydrogen-bond donors (Lipinski definition) is 2. The summed E-state index contributed by atoms with van der Waals surface area (Å²) in [4.78, 5) is 4.31. The summed E-state index contributed by atoms with van der Waals surface area (Å²) in [5, 5.41) is 3.07. The number of nitrogens with two attached hydrogens (primary N) is 1. The van der Waals surface area contributed by atoms with Crippen LogP contribution in [0.4, 0.5) is 5.69 Å². The minimum absolute atomic E-state index is 0. The van der Waals surface area contributed by atoms with Gasteiger partial charge in [-0.15, -0.1) is 24.0 Å². The number of hydrogen-bond acceptors (Lipinski definition) is 2. The fraction of sp³-hybridized carbons (Fsp3) is 0.278. The average Bonchev–Trinajstić information content (AvgIpc) is 2.50. The highest BCUT2D eigenvalue weighted by atomic mass is 127. The molecule has 23 heavy (non-hydrogen) atoms. The lowest BCUT2D eigenvalue weighted by atomic mass is 10.2. The van der Waals surface area contributed by atoms with E-state index in [-0.39, 0.29) is 30.1 Å². The van der Waals surface area contributed by atoms with Gasteiger partial charge in [0.1, 0.15) is 11.9 Å². The molecule has 1 atom stereocenters.